The third kappa shape index (κ3) is 3.93. The lowest BCUT2D eigenvalue weighted by Gasteiger charge is -2.33. The second-order valence-corrected chi connectivity index (χ2v) is 7.96. The third-order valence-electron chi connectivity index (χ3n) is 6.13. The van der Waals surface area contributed by atoms with E-state index in [1.54, 1.807) is 0 Å². The van der Waals surface area contributed by atoms with Gasteiger partial charge in [-0.3, -0.25) is 0 Å². The highest BCUT2D eigenvalue weighted by Crippen LogP contribution is 2.51. The van der Waals surface area contributed by atoms with Gasteiger partial charge in [0.15, 0.2) is 0 Å². The minimum absolute atomic E-state index is 1.26. The van der Waals surface area contributed by atoms with Crippen LogP contribution in [-0.2, 0) is 0 Å². The number of hydrogen-bond donors (Lipinski definition) is 0. The van der Waals surface area contributed by atoms with E-state index in [4.69, 9.17) is 0 Å². The summed E-state index contributed by atoms with van der Waals surface area (Å²) in [4.78, 5) is 0. The summed E-state index contributed by atoms with van der Waals surface area (Å²) in [6, 6.07) is 2.39. The molecule has 0 aliphatic heterocycles. The summed E-state index contributed by atoms with van der Waals surface area (Å²) >= 11 is 0. The van der Waals surface area contributed by atoms with Crippen LogP contribution in [0.1, 0.15) is 27.8 Å². The summed E-state index contributed by atoms with van der Waals surface area (Å²) in [5.41, 5.74) is 6.46. The topological polar surface area (TPSA) is 0 Å². The normalized spacial score (nSPS) is 27.4. The van der Waals surface area contributed by atoms with Crippen LogP contribution >= 0.6 is 0 Å². The lowest BCUT2D eigenvalue weighted by Crippen LogP contribution is -2.20. The molecular formula is C31H21. The average molecular weight is 394 g/mol. The van der Waals surface area contributed by atoms with Crippen molar-refractivity contribution in [1.82, 2.24) is 0 Å². The van der Waals surface area contributed by atoms with E-state index in [0.717, 1.165) is 0 Å². The first-order valence-corrected chi connectivity index (χ1v) is 10.7. The highest BCUT2D eigenvalue weighted by Gasteiger charge is 2.39. The molecule has 6 rings (SSSR count). The standard InChI is InChI=1S/C31H21/c1-2-12-22(11-1)27-21-28(23-13-3-4-14-23)30(25-17-7-8-18-25)31(26-19-9-10-20-26)29(27)24-15-5-6-16-24/h1-21H. The molecule has 0 N–H and O–H groups in total. The van der Waals surface area contributed by atoms with Gasteiger partial charge in [-0.15, -0.1) is 0 Å². The van der Waals surface area contributed by atoms with Gasteiger partial charge in [-0.1, -0.05) is 6.07 Å². The van der Waals surface area contributed by atoms with Crippen LogP contribution in [0.25, 0.3) is 0 Å². The lowest BCUT2D eigenvalue weighted by molar-refractivity contribution is 1.06. The van der Waals surface area contributed by atoms with E-state index >= 15 is 0 Å². The Labute approximate surface area is 192 Å². The summed E-state index contributed by atoms with van der Waals surface area (Å²) in [6.07, 6.45) is 43.5. The molecule has 0 saturated heterocycles. The number of rotatable bonds is 5. The van der Waals surface area contributed by atoms with Crippen molar-refractivity contribution in [1.29, 1.82) is 0 Å². The summed E-state index contributed by atoms with van der Waals surface area (Å²) in [5, 5.41) is 0. The molecule has 0 heterocycles. The van der Waals surface area contributed by atoms with Crippen LogP contribution in [0.5, 0.6) is 0 Å². The molecule has 5 aliphatic carbocycles. The van der Waals surface area contributed by atoms with Gasteiger partial charge < -0.3 is 0 Å². The summed E-state index contributed by atoms with van der Waals surface area (Å²) < 4.78 is 0. The van der Waals surface area contributed by atoms with Gasteiger partial charge in [0, 0.05) is 29.6 Å². The van der Waals surface area contributed by atoms with Crippen LogP contribution < -0.4 is 0 Å². The molecule has 0 amide bonds. The van der Waals surface area contributed by atoms with Crippen molar-refractivity contribution >= 4 is 0 Å². The van der Waals surface area contributed by atoms with Crippen LogP contribution in [-0.4, -0.2) is 0 Å². The van der Waals surface area contributed by atoms with Gasteiger partial charge in [0.05, 0.1) is 0 Å². The maximum absolute atomic E-state index is 2.39. The zero-order valence-corrected chi connectivity index (χ0v) is 17.1. The minimum Gasteiger partial charge on any atom is -0.0540 e. The maximum atomic E-state index is 2.39. The van der Waals surface area contributed by atoms with Crippen molar-refractivity contribution in [2.24, 2.45) is 0 Å². The number of hydrogen-bond acceptors (Lipinski definition) is 0. The van der Waals surface area contributed by atoms with Crippen LogP contribution in [0.15, 0.2) is 6.07 Å². The van der Waals surface area contributed by atoms with Crippen molar-refractivity contribution in [3.8, 4) is 0 Å². The molecule has 1 aromatic rings. The fourth-order valence-electron chi connectivity index (χ4n) is 4.76. The molecule has 0 aromatic heterocycles. The molecule has 145 valence electrons. The highest BCUT2D eigenvalue weighted by molar-refractivity contribution is 5.77. The first-order valence-electron chi connectivity index (χ1n) is 10.7. The Morgan fingerprint density at radius 2 is 0.516 bits per heavy atom. The van der Waals surface area contributed by atoms with Crippen molar-refractivity contribution in [2.75, 3.05) is 0 Å². The minimum atomic E-state index is 1.26. The Balaban J connectivity index is 1.58. The largest absolute Gasteiger partial charge is 0.0540 e. The highest BCUT2D eigenvalue weighted by atomic mass is 14.4. The SMILES string of the molecule is [CH]1[CH][CH][C](c2cc([C]3[CH][CH][CH][CH]3)c([C]3[CH][CH][CH][CH]3)c([C]3[CH][CH][CH][CH]3)c2[C]2[CH][CH][CH][CH]2)[CH]1. The molecule has 0 atom stereocenters. The maximum Gasteiger partial charge on any atom is 0.0130 e. The zero-order valence-electron chi connectivity index (χ0n) is 17.1. The van der Waals surface area contributed by atoms with Crippen molar-refractivity contribution in [3.63, 3.8) is 0 Å². The molecule has 31 heavy (non-hydrogen) atoms. The first-order chi connectivity index (χ1) is 15.4. The Kier molecular flexibility index (Phi) is 6.19. The van der Waals surface area contributed by atoms with Gasteiger partial charge in [0.1, 0.15) is 0 Å². The van der Waals surface area contributed by atoms with Gasteiger partial charge in [-0.25, -0.2) is 0 Å². The van der Waals surface area contributed by atoms with E-state index in [1.165, 1.54) is 57.4 Å². The molecule has 25 radical (unpaired) electrons. The van der Waals surface area contributed by atoms with Crippen molar-refractivity contribution < 1.29 is 0 Å². The van der Waals surface area contributed by atoms with Gasteiger partial charge in [0.2, 0.25) is 0 Å². The van der Waals surface area contributed by atoms with Crippen LogP contribution in [0, 0.1) is 158 Å². The summed E-state index contributed by atoms with van der Waals surface area (Å²) in [5.74, 6) is 6.29. The molecule has 0 spiro atoms. The molecular weight excluding hydrogens is 372 g/mol. The van der Waals surface area contributed by atoms with Crippen molar-refractivity contribution in [2.45, 2.75) is 0 Å². The van der Waals surface area contributed by atoms with Gasteiger partial charge in [-0.2, -0.15) is 0 Å². The quantitative estimate of drug-likeness (QED) is 0.624. The Morgan fingerprint density at radius 3 is 0.839 bits per heavy atom. The Bertz CT molecular complexity index is 688. The second kappa shape index (κ2) is 9.23. The summed E-state index contributed by atoms with van der Waals surface area (Å²) in [7, 11) is 0. The molecule has 5 fully saturated rings. The zero-order chi connectivity index (χ0) is 20.6. The van der Waals surface area contributed by atoms with E-state index in [1.807, 2.05) is 0 Å². The van der Waals surface area contributed by atoms with Gasteiger partial charge >= 0.3 is 0 Å². The van der Waals surface area contributed by atoms with E-state index < -0.39 is 0 Å². The predicted molar refractivity (Wildman–Crippen MR) is 124 cm³/mol. The van der Waals surface area contributed by atoms with Crippen molar-refractivity contribution in [3.05, 3.63) is 192 Å². The molecule has 0 nitrogen and oxygen atoms in total. The molecule has 0 unspecified atom stereocenters. The van der Waals surface area contributed by atoms with E-state index in [0.29, 0.717) is 0 Å². The molecule has 0 bridgehead atoms. The predicted octanol–water partition coefficient (Wildman–Crippen LogP) is 5.45. The van der Waals surface area contributed by atoms with Crippen LogP contribution in [0.4, 0.5) is 0 Å². The van der Waals surface area contributed by atoms with E-state index in [9.17, 15) is 0 Å². The second-order valence-electron chi connectivity index (χ2n) is 7.96. The van der Waals surface area contributed by atoms with E-state index in [-0.39, 0.29) is 0 Å². The molecule has 5 saturated carbocycles. The average Bonchev–Trinajstić information content (AvgIpc) is 3.65. The monoisotopic (exact) mass is 393 g/mol. The van der Waals surface area contributed by atoms with Crippen LogP contribution in [0.3, 0.4) is 0 Å². The summed E-state index contributed by atoms with van der Waals surface area (Å²) in [6.45, 7) is 0. The lowest BCUT2D eigenvalue weighted by atomic mass is 9.70. The number of benzene rings is 1. The van der Waals surface area contributed by atoms with Gasteiger partial charge in [0.25, 0.3) is 0 Å². The fourth-order valence-corrected chi connectivity index (χ4v) is 4.76. The van der Waals surface area contributed by atoms with Gasteiger partial charge in [-0.05, 0) is 156 Å². The first kappa shape index (κ1) is 20.8. The van der Waals surface area contributed by atoms with Crippen LogP contribution in [0.2, 0.25) is 0 Å². The Hall–Kier alpha value is -0.780. The van der Waals surface area contributed by atoms with E-state index in [2.05, 4.69) is 134 Å². The smallest absolute Gasteiger partial charge is 0.0130 e. The molecule has 1 aromatic carbocycles. The molecule has 0 heteroatoms. The molecule has 5 aliphatic rings. The fraction of sp³-hybridized carbons (Fsp3) is 0. The third-order valence-corrected chi connectivity index (χ3v) is 6.13. The Morgan fingerprint density at radius 1 is 0.258 bits per heavy atom.